The Hall–Kier alpha value is -0.280. The van der Waals surface area contributed by atoms with Crippen molar-refractivity contribution in [2.24, 2.45) is 11.8 Å². The van der Waals surface area contributed by atoms with Gasteiger partial charge in [0, 0.05) is 26.1 Å². The lowest BCUT2D eigenvalue weighted by molar-refractivity contribution is -0.132. The molecule has 0 aliphatic heterocycles. The van der Waals surface area contributed by atoms with E-state index in [1.165, 1.54) is 25.7 Å². The van der Waals surface area contributed by atoms with E-state index in [1.54, 1.807) is 0 Å². The molecule has 2 aliphatic carbocycles. The standard InChI is InChI=1S/C12H22N2O.ClH/c1-13-8-7-11(15)14(2)12(9-3-4-9)10-5-6-10;/h9-10,12-13H,3-8H2,1-2H3;1H. The highest BCUT2D eigenvalue weighted by atomic mass is 35.5. The minimum Gasteiger partial charge on any atom is -0.342 e. The molecule has 2 saturated carbocycles. The summed E-state index contributed by atoms with van der Waals surface area (Å²) in [6.07, 6.45) is 5.99. The molecule has 0 radical (unpaired) electrons. The average molecular weight is 247 g/mol. The molecule has 1 amide bonds. The van der Waals surface area contributed by atoms with Gasteiger partial charge in [0.1, 0.15) is 0 Å². The Balaban J connectivity index is 0.00000128. The summed E-state index contributed by atoms with van der Waals surface area (Å²) in [7, 11) is 3.89. The molecular formula is C12H23ClN2O. The first-order chi connectivity index (χ1) is 7.24. The van der Waals surface area contributed by atoms with Crippen molar-refractivity contribution >= 4 is 18.3 Å². The number of hydrogen-bond donors (Lipinski definition) is 1. The molecule has 0 unspecified atom stereocenters. The van der Waals surface area contributed by atoms with Gasteiger partial charge in [-0.25, -0.2) is 0 Å². The van der Waals surface area contributed by atoms with Crippen molar-refractivity contribution < 1.29 is 4.79 Å². The summed E-state index contributed by atoms with van der Waals surface area (Å²) in [4.78, 5) is 13.9. The number of rotatable bonds is 6. The first-order valence-corrected chi connectivity index (χ1v) is 6.14. The maximum Gasteiger partial charge on any atom is 0.223 e. The van der Waals surface area contributed by atoms with Crippen molar-refractivity contribution in [3.63, 3.8) is 0 Å². The molecule has 0 aromatic rings. The van der Waals surface area contributed by atoms with Crippen LogP contribution in [0.3, 0.4) is 0 Å². The molecule has 0 bridgehead atoms. The number of halogens is 1. The van der Waals surface area contributed by atoms with Crippen LogP contribution in [0.2, 0.25) is 0 Å². The fourth-order valence-corrected chi connectivity index (χ4v) is 2.47. The largest absolute Gasteiger partial charge is 0.342 e. The monoisotopic (exact) mass is 246 g/mol. The highest BCUT2D eigenvalue weighted by Gasteiger charge is 2.44. The lowest BCUT2D eigenvalue weighted by Gasteiger charge is -2.28. The SMILES string of the molecule is CNCCC(=O)N(C)C(C1CC1)C1CC1.Cl. The Morgan fingerprint density at radius 3 is 2.19 bits per heavy atom. The van der Waals surface area contributed by atoms with E-state index in [1.807, 2.05) is 19.0 Å². The Morgan fingerprint density at radius 2 is 1.81 bits per heavy atom. The molecule has 0 heterocycles. The van der Waals surface area contributed by atoms with Gasteiger partial charge in [0.25, 0.3) is 0 Å². The molecule has 94 valence electrons. The van der Waals surface area contributed by atoms with Gasteiger partial charge in [-0.1, -0.05) is 0 Å². The Morgan fingerprint density at radius 1 is 1.31 bits per heavy atom. The fraction of sp³-hybridized carbons (Fsp3) is 0.917. The number of nitrogens with one attached hydrogen (secondary N) is 1. The number of amides is 1. The van der Waals surface area contributed by atoms with E-state index in [2.05, 4.69) is 5.32 Å². The lowest BCUT2D eigenvalue weighted by atomic mass is 10.1. The summed E-state index contributed by atoms with van der Waals surface area (Å²) >= 11 is 0. The van der Waals surface area contributed by atoms with Gasteiger partial charge >= 0.3 is 0 Å². The van der Waals surface area contributed by atoms with Gasteiger partial charge in [0.15, 0.2) is 0 Å². The zero-order valence-electron chi connectivity index (χ0n) is 10.2. The van der Waals surface area contributed by atoms with Gasteiger partial charge in [-0.2, -0.15) is 0 Å². The number of carbonyl (C=O) groups is 1. The minimum atomic E-state index is 0. The second-order valence-electron chi connectivity index (χ2n) is 5.02. The Labute approximate surface area is 104 Å². The van der Waals surface area contributed by atoms with Gasteiger partial charge in [0.2, 0.25) is 5.91 Å². The molecule has 1 N–H and O–H groups in total. The zero-order chi connectivity index (χ0) is 10.8. The van der Waals surface area contributed by atoms with Crippen LogP contribution < -0.4 is 5.32 Å². The van der Waals surface area contributed by atoms with Crippen molar-refractivity contribution in [2.45, 2.75) is 38.1 Å². The molecule has 2 rings (SSSR count). The van der Waals surface area contributed by atoms with Gasteiger partial charge < -0.3 is 10.2 Å². The predicted octanol–water partition coefficient (Wildman–Crippen LogP) is 1.66. The topological polar surface area (TPSA) is 32.3 Å². The molecule has 0 atom stereocenters. The van der Waals surface area contributed by atoms with E-state index in [4.69, 9.17) is 0 Å². The van der Waals surface area contributed by atoms with Gasteiger partial charge in [-0.15, -0.1) is 12.4 Å². The van der Waals surface area contributed by atoms with Crippen molar-refractivity contribution in [3.8, 4) is 0 Å². The van der Waals surface area contributed by atoms with Crippen molar-refractivity contribution in [3.05, 3.63) is 0 Å². The molecule has 0 saturated heterocycles. The molecule has 2 fully saturated rings. The van der Waals surface area contributed by atoms with Crippen LogP contribution in [0.5, 0.6) is 0 Å². The minimum absolute atomic E-state index is 0. The molecule has 0 spiro atoms. The maximum atomic E-state index is 11.9. The highest BCUT2D eigenvalue weighted by molar-refractivity contribution is 5.85. The van der Waals surface area contributed by atoms with Crippen LogP contribution in [0, 0.1) is 11.8 Å². The molecule has 0 aromatic carbocycles. The number of nitrogens with zero attached hydrogens (tertiary/aromatic N) is 1. The van der Waals surface area contributed by atoms with E-state index in [9.17, 15) is 4.79 Å². The third-order valence-corrected chi connectivity index (χ3v) is 3.64. The lowest BCUT2D eigenvalue weighted by Crippen LogP contribution is -2.40. The van der Waals surface area contributed by atoms with Crippen molar-refractivity contribution in [2.75, 3.05) is 20.6 Å². The Bertz CT molecular complexity index is 227. The molecule has 4 heteroatoms. The van der Waals surface area contributed by atoms with Crippen LogP contribution in [-0.2, 0) is 4.79 Å². The van der Waals surface area contributed by atoms with Gasteiger partial charge in [-0.3, -0.25) is 4.79 Å². The van der Waals surface area contributed by atoms with Crippen LogP contribution in [0.25, 0.3) is 0 Å². The molecular weight excluding hydrogens is 224 g/mol. The zero-order valence-corrected chi connectivity index (χ0v) is 11.1. The third-order valence-electron chi connectivity index (χ3n) is 3.64. The predicted molar refractivity (Wildman–Crippen MR) is 67.8 cm³/mol. The summed E-state index contributed by atoms with van der Waals surface area (Å²) in [6, 6.07) is 0.564. The van der Waals surface area contributed by atoms with E-state index >= 15 is 0 Å². The van der Waals surface area contributed by atoms with Gasteiger partial charge in [-0.05, 0) is 44.6 Å². The van der Waals surface area contributed by atoms with Crippen LogP contribution in [-0.4, -0.2) is 37.5 Å². The average Bonchev–Trinajstić information content (AvgIpc) is 3.06. The van der Waals surface area contributed by atoms with E-state index in [-0.39, 0.29) is 12.4 Å². The summed E-state index contributed by atoms with van der Waals surface area (Å²) < 4.78 is 0. The van der Waals surface area contributed by atoms with E-state index < -0.39 is 0 Å². The molecule has 3 nitrogen and oxygen atoms in total. The highest BCUT2D eigenvalue weighted by Crippen LogP contribution is 2.46. The number of hydrogen-bond acceptors (Lipinski definition) is 2. The molecule has 0 aromatic heterocycles. The van der Waals surface area contributed by atoms with Crippen molar-refractivity contribution in [1.29, 1.82) is 0 Å². The molecule has 16 heavy (non-hydrogen) atoms. The summed E-state index contributed by atoms with van der Waals surface area (Å²) in [5.41, 5.74) is 0. The first kappa shape index (κ1) is 13.8. The quantitative estimate of drug-likeness (QED) is 0.773. The third kappa shape index (κ3) is 3.36. The normalized spacial score (nSPS) is 19.4. The summed E-state index contributed by atoms with van der Waals surface area (Å²) in [5.74, 6) is 1.95. The maximum absolute atomic E-state index is 11.9. The fourth-order valence-electron chi connectivity index (χ4n) is 2.47. The second kappa shape index (κ2) is 5.87. The van der Waals surface area contributed by atoms with Crippen molar-refractivity contribution in [1.82, 2.24) is 10.2 Å². The van der Waals surface area contributed by atoms with Crippen LogP contribution in [0.15, 0.2) is 0 Å². The van der Waals surface area contributed by atoms with Crippen LogP contribution in [0.1, 0.15) is 32.1 Å². The molecule has 2 aliphatic rings. The first-order valence-electron chi connectivity index (χ1n) is 6.14. The number of carbonyl (C=O) groups excluding carboxylic acids is 1. The summed E-state index contributed by atoms with van der Waals surface area (Å²) in [5, 5.41) is 3.03. The smallest absolute Gasteiger partial charge is 0.223 e. The Kier molecular flexibility index (Phi) is 5.06. The summed E-state index contributed by atoms with van der Waals surface area (Å²) in [6.45, 7) is 0.797. The van der Waals surface area contributed by atoms with E-state index in [0.717, 1.165) is 18.4 Å². The van der Waals surface area contributed by atoms with Crippen LogP contribution >= 0.6 is 12.4 Å². The van der Waals surface area contributed by atoms with E-state index in [0.29, 0.717) is 18.4 Å². The van der Waals surface area contributed by atoms with Crippen LogP contribution in [0.4, 0.5) is 0 Å². The van der Waals surface area contributed by atoms with Gasteiger partial charge in [0.05, 0.1) is 0 Å². The second-order valence-corrected chi connectivity index (χ2v) is 5.02.